The number of benzene rings is 1. The van der Waals surface area contributed by atoms with Gasteiger partial charge in [-0.25, -0.2) is 0 Å². The molecule has 0 radical (unpaired) electrons. The van der Waals surface area contributed by atoms with E-state index in [9.17, 15) is 0 Å². The van der Waals surface area contributed by atoms with Crippen molar-refractivity contribution in [3.63, 3.8) is 0 Å². The van der Waals surface area contributed by atoms with E-state index in [1.807, 2.05) is 25.1 Å². The van der Waals surface area contributed by atoms with Crippen molar-refractivity contribution < 1.29 is 4.74 Å². The van der Waals surface area contributed by atoms with Crippen LogP contribution in [0.15, 0.2) is 18.2 Å². The zero-order chi connectivity index (χ0) is 13.3. The molecule has 0 bridgehead atoms. The Bertz CT molecular complexity index is 431. The van der Waals surface area contributed by atoms with Crippen LogP contribution < -0.4 is 10.5 Å². The maximum atomic E-state index is 6.33. The molecule has 0 aromatic heterocycles. The van der Waals surface area contributed by atoms with Gasteiger partial charge >= 0.3 is 0 Å². The van der Waals surface area contributed by atoms with Crippen LogP contribution in [0.1, 0.15) is 38.7 Å². The summed E-state index contributed by atoms with van der Waals surface area (Å²) >= 11 is 6.02. The molecule has 1 aliphatic carbocycles. The molecule has 2 nitrogen and oxygen atoms in total. The Morgan fingerprint density at radius 1 is 1.39 bits per heavy atom. The van der Waals surface area contributed by atoms with Gasteiger partial charge in [-0.1, -0.05) is 31.5 Å². The van der Waals surface area contributed by atoms with Gasteiger partial charge in [-0.3, -0.25) is 0 Å². The van der Waals surface area contributed by atoms with Crippen LogP contribution in [0.5, 0.6) is 5.75 Å². The molecule has 0 saturated heterocycles. The summed E-state index contributed by atoms with van der Waals surface area (Å²) in [6, 6.07) is 5.82. The van der Waals surface area contributed by atoms with Crippen LogP contribution >= 0.6 is 11.6 Å². The van der Waals surface area contributed by atoms with Gasteiger partial charge in [-0.15, -0.1) is 0 Å². The molecule has 0 spiro atoms. The number of nitrogens with two attached hydrogens (primary N) is 1. The van der Waals surface area contributed by atoms with E-state index >= 15 is 0 Å². The van der Waals surface area contributed by atoms with Crippen LogP contribution in [0.25, 0.3) is 0 Å². The summed E-state index contributed by atoms with van der Waals surface area (Å²) in [6.07, 6.45) is 3.45. The molecular weight excluding hydrogens is 246 g/mol. The van der Waals surface area contributed by atoms with E-state index in [1.165, 1.54) is 12.8 Å². The fourth-order valence-electron chi connectivity index (χ4n) is 2.60. The van der Waals surface area contributed by atoms with Gasteiger partial charge in [0.25, 0.3) is 0 Å². The van der Waals surface area contributed by atoms with Crippen molar-refractivity contribution in [2.24, 2.45) is 11.1 Å². The smallest absolute Gasteiger partial charge is 0.124 e. The van der Waals surface area contributed by atoms with Gasteiger partial charge < -0.3 is 10.5 Å². The second-order valence-corrected chi connectivity index (χ2v) is 6.41. The summed E-state index contributed by atoms with van der Waals surface area (Å²) < 4.78 is 6.11. The molecule has 1 saturated carbocycles. The standard InChI is InChI=1S/C15H22ClNO/c1-10-6-7-11(16)9-13(10)18-12-5-4-8-15(2,3)14(12)17/h6-7,9,12,14H,4-5,8,17H2,1-3H3. The topological polar surface area (TPSA) is 35.2 Å². The van der Waals surface area contributed by atoms with Crippen molar-refractivity contribution in [3.05, 3.63) is 28.8 Å². The zero-order valence-corrected chi connectivity index (χ0v) is 12.1. The average Bonchev–Trinajstić information content (AvgIpc) is 2.30. The van der Waals surface area contributed by atoms with Crippen LogP contribution in [0.3, 0.4) is 0 Å². The van der Waals surface area contributed by atoms with E-state index in [4.69, 9.17) is 22.1 Å². The summed E-state index contributed by atoms with van der Waals surface area (Å²) in [5, 5.41) is 0.708. The van der Waals surface area contributed by atoms with Crippen LogP contribution in [-0.4, -0.2) is 12.1 Å². The third kappa shape index (κ3) is 2.81. The predicted molar refractivity (Wildman–Crippen MR) is 76.2 cm³/mol. The first kappa shape index (κ1) is 13.7. The lowest BCUT2D eigenvalue weighted by molar-refractivity contribution is 0.0563. The molecule has 0 amide bonds. The fraction of sp³-hybridized carbons (Fsp3) is 0.600. The molecule has 2 atom stereocenters. The Kier molecular flexibility index (Phi) is 3.88. The van der Waals surface area contributed by atoms with Crippen LogP contribution in [0.4, 0.5) is 0 Å². The lowest BCUT2D eigenvalue weighted by Crippen LogP contribution is -2.51. The molecule has 0 heterocycles. The van der Waals surface area contributed by atoms with Crippen molar-refractivity contribution >= 4 is 11.6 Å². The molecule has 3 heteroatoms. The Morgan fingerprint density at radius 3 is 2.83 bits per heavy atom. The van der Waals surface area contributed by atoms with E-state index in [0.29, 0.717) is 5.02 Å². The third-order valence-electron chi connectivity index (χ3n) is 4.04. The molecule has 1 aromatic rings. The third-order valence-corrected chi connectivity index (χ3v) is 4.28. The summed E-state index contributed by atoms with van der Waals surface area (Å²) in [4.78, 5) is 0. The number of hydrogen-bond acceptors (Lipinski definition) is 2. The highest BCUT2D eigenvalue weighted by Gasteiger charge is 2.37. The largest absolute Gasteiger partial charge is 0.488 e. The first-order valence-electron chi connectivity index (χ1n) is 6.58. The van der Waals surface area contributed by atoms with Crippen molar-refractivity contribution in [3.8, 4) is 5.75 Å². The van der Waals surface area contributed by atoms with Gasteiger partial charge in [0.05, 0.1) is 0 Å². The summed E-state index contributed by atoms with van der Waals surface area (Å²) in [5.74, 6) is 0.862. The molecule has 2 rings (SSSR count). The van der Waals surface area contributed by atoms with Crippen molar-refractivity contribution in [2.75, 3.05) is 0 Å². The van der Waals surface area contributed by atoms with Gasteiger partial charge in [-0.05, 0) is 49.3 Å². The van der Waals surface area contributed by atoms with Gasteiger partial charge in [0.2, 0.25) is 0 Å². The second-order valence-electron chi connectivity index (χ2n) is 5.97. The maximum Gasteiger partial charge on any atom is 0.124 e. The Labute approximate surface area is 114 Å². The van der Waals surface area contributed by atoms with E-state index in [1.54, 1.807) is 0 Å². The molecule has 2 N–H and O–H groups in total. The molecule has 0 aliphatic heterocycles. The van der Waals surface area contributed by atoms with E-state index in [0.717, 1.165) is 17.7 Å². The zero-order valence-electron chi connectivity index (χ0n) is 11.4. The monoisotopic (exact) mass is 267 g/mol. The average molecular weight is 268 g/mol. The van der Waals surface area contributed by atoms with Gasteiger partial charge in [0.1, 0.15) is 11.9 Å². The van der Waals surface area contributed by atoms with E-state index in [2.05, 4.69) is 13.8 Å². The Morgan fingerprint density at radius 2 is 2.11 bits per heavy atom. The van der Waals surface area contributed by atoms with Gasteiger partial charge in [-0.2, -0.15) is 0 Å². The quantitative estimate of drug-likeness (QED) is 0.881. The number of hydrogen-bond donors (Lipinski definition) is 1. The fourth-order valence-corrected chi connectivity index (χ4v) is 2.77. The summed E-state index contributed by atoms with van der Waals surface area (Å²) in [6.45, 7) is 6.47. The summed E-state index contributed by atoms with van der Waals surface area (Å²) in [7, 11) is 0. The van der Waals surface area contributed by atoms with Crippen molar-refractivity contribution in [1.29, 1.82) is 0 Å². The molecule has 100 valence electrons. The first-order chi connectivity index (χ1) is 8.40. The predicted octanol–water partition coefficient (Wildman–Crippen LogP) is 3.93. The molecule has 18 heavy (non-hydrogen) atoms. The summed E-state index contributed by atoms with van der Waals surface area (Å²) in [5.41, 5.74) is 7.59. The lowest BCUT2D eigenvalue weighted by Gasteiger charge is -2.41. The highest BCUT2D eigenvalue weighted by atomic mass is 35.5. The number of ether oxygens (including phenoxy) is 1. The minimum atomic E-state index is 0.0737. The Hall–Kier alpha value is -0.730. The first-order valence-corrected chi connectivity index (χ1v) is 6.96. The normalized spacial score (nSPS) is 26.9. The van der Waals surface area contributed by atoms with Crippen LogP contribution in [-0.2, 0) is 0 Å². The molecule has 1 aliphatic rings. The number of aryl methyl sites for hydroxylation is 1. The van der Waals surface area contributed by atoms with Crippen molar-refractivity contribution in [2.45, 2.75) is 52.2 Å². The molecule has 2 unspecified atom stereocenters. The van der Waals surface area contributed by atoms with Crippen molar-refractivity contribution in [1.82, 2.24) is 0 Å². The van der Waals surface area contributed by atoms with Gasteiger partial charge in [0.15, 0.2) is 0 Å². The van der Waals surface area contributed by atoms with E-state index in [-0.39, 0.29) is 17.6 Å². The Balaban J connectivity index is 2.15. The van der Waals surface area contributed by atoms with Crippen LogP contribution in [0, 0.1) is 12.3 Å². The lowest BCUT2D eigenvalue weighted by atomic mass is 9.72. The highest BCUT2D eigenvalue weighted by Crippen LogP contribution is 2.37. The van der Waals surface area contributed by atoms with E-state index < -0.39 is 0 Å². The molecule has 1 aromatic carbocycles. The highest BCUT2D eigenvalue weighted by molar-refractivity contribution is 6.30. The molecular formula is C15H22ClNO. The van der Waals surface area contributed by atoms with Gasteiger partial charge in [0, 0.05) is 11.1 Å². The van der Waals surface area contributed by atoms with Crippen LogP contribution in [0.2, 0.25) is 5.02 Å². The minimum Gasteiger partial charge on any atom is -0.488 e. The second kappa shape index (κ2) is 5.10. The minimum absolute atomic E-state index is 0.0737. The SMILES string of the molecule is Cc1ccc(Cl)cc1OC1CCCC(C)(C)C1N. The molecule has 1 fully saturated rings. The number of halogens is 1. The maximum absolute atomic E-state index is 6.33. The number of rotatable bonds is 2.